The Morgan fingerprint density at radius 1 is 1.47 bits per heavy atom. The van der Waals surface area contributed by atoms with Gasteiger partial charge in [-0.2, -0.15) is 16.7 Å². The summed E-state index contributed by atoms with van der Waals surface area (Å²) in [4.78, 5) is 10.9. The maximum absolute atomic E-state index is 5.37. The van der Waals surface area contributed by atoms with Gasteiger partial charge in [-0.1, -0.05) is 0 Å². The lowest BCUT2D eigenvalue weighted by Gasteiger charge is -2.38. The summed E-state index contributed by atoms with van der Waals surface area (Å²) in [5, 5.41) is 0. The molecule has 0 bridgehead atoms. The normalized spacial score (nSPS) is 19.2. The van der Waals surface area contributed by atoms with E-state index in [1.165, 1.54) is 0 Å². The molecule has 0 amide bonds. The number of anilines is 2. The second-order valence-corrected chi connectivity index (χ2v) is 6.67. The van der Waals surface area contributed by atoms with Crippen LogP contribution in [0.25, 0.3) is 0 Å². The third-order valence-electron chi connectivity index (χ3n) is 2.72. The molecule has 0 atom stereocenters. The third-order valence-corrected chi connectivity index (χ3v) is 4.02. The zero-order valence-electron chi connectivity index (χ0n) is 10.5. The van der Waals surface area contributed by atoms with Crippen LogP contribution in [0, 0.1) is 6.92 Å². The summed E-state index contributed by atoms with van der Waals surface area (Å²) in [5.74, 6) is 7.94. The van der Waals surface area contributed by atoms with E-state index in [9.17, 15) is 0 Å². The first-order chi connectivity index (χ1) is 8.00. The van der Waals surface area contributed by atoms with Gasteiger partial charge < -0.3 is 4.90 Å². The molecule has 2 rings (SSSR count). The number of hydrazine groups is 1. The molecule has 1 aromatic heterocycles. The fourth-order valence-corrected chi connectivity index (χ4v) is 3.10. The van der Waals surface area contributed by atoms with Crippen LogP contribution in [0.1, 0.15) is 19.5 Å². The maximum atomic E-state index is 5.37. The number of thioether (sulfide) groups is 1. The SMILES string of the molecule is Cc1cc(N2CCSC(C)(C)C2)nc(NN)n1. The topological polar surface area (TPSA) is 67.1 Å². The van der Waals surface area contributed by atoms with Crippen LogP contribution in [0.4, 0.5) is 11.8 Å². The lowest BCUT2D eigenvalue weighted by atomic mass is 10.2. The van der Waals surface area contributed by atoms with Gasteiger partial charge in [-0.3, -0.25) is 5.43 Å². The molecule has 0 saturated carbocycles. The summed E-state index contributed by atoms with van der Waals surface area (Å²) >= 11 is 2.01. The quantitative estimate of drug-likeness (QED) is 0.613. The van der Waals surface area contributed by atoms with E-state index in [0.29, 0.717) is 5.95 Å². The average molecular weight is 253 g/mol. The van der Waals surface area contributed by atoms with Crippen molar-refractivity contribution in [1.82, 2.24) is 9.97 Å². The summed E-state index contributed by atoms with van der Waals surface area (Å²) in [6.07, 6.45) is 0. The summed E-state index contributed by atoms with van der Waals surface area (Å²) < 4.78 is 0.271. The highest BCUT2D eigenvalue weighted by Crippen LogP contribution is 2.31. The van der Waals surface area contributed by atoms with Crippen LogP contribution in [-0.4, -0.2) is 33.6 Å². The highest BCUT2D eigenvalue weighted by atomic mass is 32.2. The van der Waals surface area contributed by atoms with Crippen LogP contribution in [-0.2, 0) is 0 Å². The van der Waals surface area contributed by atoms with Gasteiger partial charge in [-0.15, -0.1) is 0 Å². The van der Waals surface area contributed by atoms with Crippen LogP contribution in [0.5, 0.6) is 0 Å². The molecule has 1 aliphatic rings. The minimum Gasteiger partial charge on any atom is -0.354 e. The van der Waals surface area contributed by atoms with E-state index in [0.717, 1.165) is 30.4 Å². The standard InChI is InChI=1S/C11H19N5S/c1-8-6-9(14-10(13-8)15-12)16-4-5-17-11(2,3)7-16/h6H,4-5,7,12H2,1-3H3,(H,13,14,15). The van der Waals surface area contributed by atoms with Gasteiger partial charge in [0.05, 0.1) is 0 Å². The van der Waals surface area contributed by atoms with Gasteiger partial charge in [0, 0.05) is 35.3 Å². The predicted octanol–water partition coefficient (Wildman–Crippen LogP) is 1.40. The average Bonchev–Trinajstić information content (AvgIpc) is 2.27. The number of aromatic nitrogens is 2. The molecule has 1 aliphatic heterocycles. The van der Waals surface area contributed by atoms with E-state index >= 15 is 0 Å². The molecular weight excluding hydrogens is 234 g/mol. The molecule has 1 fully saturated rings. The first-order valence-corrected chi connectivity index (χ1v) is 6.70. The van der Waals surface area contributed by atoms with Gasteiger partial charge in [-0.05, 0) is 20.8 Å². The van der Waals surface area contributed by atoms with E-state index in [4.69, 9.17) is 5.84 Å². The van der Waals surface area contributed by atoms with Crippen molar-refractivity contribution in [2.24, 2.45) is 5.84 Å². The Morgan fingerprint density at radius 2 is 2.24 bits per heavy atom. The zero-order valence-corrected chi connectivity index (χ0v) is 11.3. The Kier molecular flexibility index (Phi) is 3.44. The molecule has 0 unspecified atom stereocenters. The second-order valence-electron chi connectivity index (χ2n) is 4.87. The zero-order chi connectivity index (χ0) is 12.5. The van der Waals surface area contributed by atoms with Gasteiger partial charge in [0.25, 0.3) is 0 Å². The van der Waals surface area contributed by atoms with Crippen LogP contribution in [0.2, 0.25) is 0 Å². The van der Waals surface area contributed by atoms with Crippen LogP contribution >= 0.6 is 11.8 Å². The predicted molar refractivity (Wildman–Crippen MR) is 73.3 cm³/mol. The fourth-order valence-electron chi connectivity index (χ4n) is 1.99. The number of nitrogens with zero attached hydrogens (tertiary/aromatic N) is 3. The number of nitrogens with two attached hydrogens (primary N) is 1. The maximum Gasteiger partial charge on any atom is 0.239 e. The Hall–Kier alpha value is -1.01. The Labute approximate surface area is 106 Å². The molecule has 0 aromatic carbocycles. The molecule has 0 radical (unpaired) electrons. The molecule has 3 N–H and O–H groups in total. The molecule has 1 saturated heterocycles. The largest absolute Gasteiger partial charge is 0.354 e. The number of aryl methyl sites for hydroxylation is 1. The Bertz CT molecular complexity index is 407. The molecule has 1 aromatic rings. The van der Waals surface area contributed by atoms with Crippen LogP contribution < -0.4 is 16.2 Å². The van der Waals surface area contributed by atoms with Gasteiger partial charge in [0.1, 0.15) is 5.82 Å². The van der Waals surface area contributed by atoms with Crippen molar-refractivity contribution in [3.63, 3.8) is 0 Å². The van der Waals surface area contributed by atoms with E-state index in [1.807, 2.05) is 24.8 Å². The molecule has 2 heterocycles. The number of rotatable bonds is 2. The van der Waals surface area contributed by atoms with Crippen LogP contribution in [0.3, 0.4) is 0 Å². The second kappa shape index (κ2) is 4.70. The number of hydrogen-bond acceptors (Lipinski definition) is 6. The van der Waals surface area contributed by atoms with Crippen molar-refractivity contribution in [1.29, 1.82) is 0 Å². The van der Waals surface area contributed by atoms with Crippen molar-refractivity contribution in [2.45, 2.75) is 25.5 Å². The number of hydrogen-bond donors (Lipinski definition) is 2. The van der Waals surface area contributed by atoms with Crippen molar-refractivity contribution >= 4 is 23.5 Å². The minimum atomic E-state index is 0.271. The van der Waals surface area contributed by atoms with E-state index in [1.54, 1.807) is 0 Å². The first kappa shape index (κ1) is 12.4. The Balaban J connectivity index is 2.24. The Morgan fingerprint density at radius 3 is 2.88 bits per heavy atom. The van der Waals surface area contributed by atoms with Crippen molar-refractivity contribution in [3.05, 3.63) is 11.8 Å². The van der Waals surface area contributed by atoms with E-state index in [-0.39, 0.29) is 4.75 Å². The molecule has 17 heavy (non-hydrogen) atoms. The smallest absolute Gasteiger partial charge is 0.239 e. The number of nitrogens with one attached hydrogen (secondary N) is 1. The van der Waals surface area contributed by atoms with Gasteiger partial charge >= 0.3 is 0 Å². The summed E-state index contributed by atoms with van der Waals surface area (Å²) in [6.45, 7) is 8.50. The van der Waals surface area contributed by atoms with Crippen molar-refractivity contribution in [3.8, 4) is 0 Å². The van der Waals surface area contributed by atoms with Gasteiger partial charge in [-0.25, -0.2) is 10.8 Å². The molecule has 0 aliphatic carbocycles. The summed E-state index contributed by atoms with van der Waals surface area (Å²) in [6, 6.07) is 2.01. The lowest BCUT2D eigenvalue weighted by Crippen LogP contribution is -2.43. The first-order valence-electron chi connectivity index (χ1n) is 5.71. The molecule has 6 heteroatoms. The van der Waals surface area contributed by atoms with Crippen LogP contribution in [0.15, 0.2) is 6.07 Å². The monoisotopic (exact) mass is 253 g/mol. The van der Waals surface area contributed by atoms with Crippen molar-refractivity contribution < 1.29 is 0 Å². The number of nitrogen functional groups attached to an aromatic ring is 1. The third kappa shape index (κ3) is 3.01. The highest BCUT2D eigenvalue weighted by Gasteiger charge is 2.27. The summed E-state index contributed by atoms with van der Waals surface area (Å²) in [5.41, 5.74) is 3.44. The molecule has 5 nitrogen and oxygen atoms in total. The minimum absolute atomic E-state index is 0.271. The fraction of sp³-hybridized carbons (Fsp3) is 0.636. The van der Waals surface area contributed by atoms with E-state index in [2.05, 4.69) is 34.1 Å². The highest BCUT2D eigenvalue weighted by molar-refractivity contribution is 8.00. The van der Waals surface area contributed by atoms with E-state index < -0.39 is 0 Å². The lowest BCUT2D eigenvalue weighted by molar-refractivity contribution is 0.641. The molecule has 94 valence electrons. The molecule has 0 spiro atoms. The van der Waals surface area contributed by atoms with Crippen molar-refractivity contribution in [2.75, 3.05) is 29.2 Å². The van der Waals surface area contributed by atoms with Gasteiger partial charge in [0.2, 0.25) is 5.95 Å². The summed E-state index contributed by atoms with van der Waals surface area (Å²) in [7, 11) is 0. The molecular formula is C11H19N5S. The van der Waals surface area contributed by atoms with Gasteiger partial charge in [0.15, 0.2) is 0 Å².